The van der Waals surface area contributed by atoms with E-state index in [9.17, 15) is 0 Å². The minimum absolute atomic E-state index is 1.08. The molecule has 0 saturated heterocycles. The van der Waals surface area contributed by atoms with Crippen LogP contribution in [0.15, 0.2) is 72.5 Å². The molecule has 0 unspecified atom stereocenters. The maximum absolute atomic E-state index is 3.38. The molecule has 2 aromatic rings. The Balaban J connectivity index is 1.93. The van der Waals surface area contributed by atoms with E-state index in [4.69, 9.17) is 0 Å². The molecule has 0 spiro atoms. The van der Waals surface area contributed by atoms with E-state index in [2.05, 4.69) is 53.9 Å². The van der Waals surface area contributed by atoms with Crippen LogP contribution in [0.3, 0.4) is 0 Å². The number of fused-ring (bicyclic) bond motifs is 1. The molecule has 80 valence electrons. The number of allylic oxidation sites excluding steroid dienone is 5. The summed E-state index contributed by atoms with van der Waals surface area (Å²) in [6.45, 7) is 0. The zero-order chi connectivity index (χ0) is 11.5. The van der Waals surface area contributed by atoms with Gasteiger partial charge in [0.05, 0.1) is 12.2 Å². The van der Waals surface area contributed by atoms with Crippen LogP contribution in [-0.2, 0) is 0 Å². The largest absolute Gasteiger partial charge is 0.333 e. The summed E-state index contributed by atoms with van der Waals surface area (Å²) in [5.74, 6) is 0. The summed E-state index contributed by atoms with van der Waals surface area (Å²) in [5, 5.41) is 5.89. The van der Waals surface area contributed by atoms with Crippen molar-refractivity contribution in [2.75, 3.05) is 5.32 Å². The van der Waals surface area contributed by atoms with Gasteiger partial charge in [-0.3, -0.25) is 0 Å². The second kappa shape index (κ2) is 4.25. The average Bonchev–Trinajstić information content (AvgIpc) is 2.40. The predicted molar refractivity (Wildman–Crippen MR) is 72.6 cm³/mol. The maximum atomic E-state index is 3.38. The molecule has 1 N–H and O–H groups in total. The lowest BCUT2D eigenvalue weighted by Gasteiger charge is -2.05. The van der Waals surface area contributed by atoms with Crippen molar-refractivity contribution in [3.05, 3.63) is 78.5 Å². The Labute approximate surface area is 101 Å². The van der Waals surface area contributed by atoms with Gasteiger partial charge in [-0.2, -0.15) is 0 Å². The van der Waals surface area contributed by atoms with Gasteiger partial charge in [0.15, 0.2) is 5.70 Å². The lowest BCUT2D eigenvalue weighted by Crippen LogP contribution is -1.97. The van der Waals surface area contributed by atoms with Gasteiger partial charge >= 0.3 is 0 Å². The van der Waals surface area contributed by atoms with Crippen LogP contribution in [0.4, 0.5) is 5.69 Å². The number of anilines is 1. The molecule has 1 aliphatic carbocycles. The fraction of sp³-hybridized carbons (Fsp3) is 0. The topological polar surface area (TPSA) is 12.0 Å². The molecule has 0 heterocycles. The number of rotatable bonds is 2. The summed E-state index contributed by atoms with van der Waals surface area (Å²) in [7, 11) is 0. The third-order valence-electron chi connectivity index (χ3n) is 2.76. The first-order chi connectivity index (χ1) is 8.42. The van der Waals surface area contributed by atoms with Crippen molar-refractivity contribution in [2.45, 2.75) is 0 Å². The second-order valence-electron chi connectivity index (χ2n) is 3.98. The summed E-state index contributed by atoms with van der Waals surface area (Å²) < 4.78 is 0. The highest BCUT2D eigenvalue weighted by Gasteiger charge is 2.02. The molecule has 0 aliphatic heterocycles. The molecule has 1 heteroatoms. The third-order valence-corrected chi connectivity index (χ3v) is 2.76. The summed E-state index contributed by atoms with van der Waals surface area (Å²) in [6, 6.07) is 14.7. The summed E-state index contributed by atoms with van der Waals surface area (Å²) >= 11 is 0. The monoisotopic (exact) mass is 218 g/mol. The highest BCUT2D eigenvalue weighted by Crippen LogP contribution is 2.20. The Hall–Kier alpha value is -2.37. The molecular weight excluding hydrogens is 206 g/mol. The number of hydrogen-bond donors (Lipinski definition) is 1. The molecule has 3 rings (SSSR count). The maximum Gasteiger partial charge on any atom is 0.152 e. The Morgan fingerprint density at radius 2 is 1.82 bits per heavy atom. The fourth-order valence-corrected chi connectivity index (χ4v) is 1.90. The van der Waals surface area contributed by atoms with Crippen molar-refractivity contribution in [3.8, 4) is 0 Å². The molecular formula is C16H12N+. The molecule has 1 nitrogen and oxygen atoms in total. The SMILES string of the molecule is [C+]1=CC=C(Nc2ccc3ccccc3c2)C=C1. The molecule has 0 aromatic heterocycles. The van der Waals surface area contributed by atoms with E-state index >= 15 is 0 Å². The van der Waals surface area contributed by atoms with Gasteiger partial charge in [-0.15, -0.1) is 0 Å². The van der Waals surface area contributed by atoms with Crippen molar-refractivity contribution >= 4 is 16.5 Å². The third kappa shape index (κ3) is 2.10. The summed E-state index contributed by atoms with van der Waals surface area (Å²) in [5.41, 5.74) is 2.19. The molecule has 2 aromatic carbocycles. The lowest BCUT2D eigenvalue weighted by atomic mass is 10.1. The van der Waals surface area contributed by atoms with E-state index in [0.717, 1.165) is 11.4 Å². The van der Waals surface area contributed by atoms with Gasteiger partial charge in [0, 0.05) is 11.8 Å². The smallest absolute Gasteiger partial charge is 0.152 e. The highest BCUT2D eigenvalue weighted by molar-refractivity contribution is 5.86. The standard InChI is InChI=1S/C16H12N/c1-2-8-15(9-3-1)17-16-11-10-13-6-4-5-7-14(13)12-16/h2-12,17H/q+1. The Kier molecular flexibility index (Phi) is 2.45. The van der Waals surface area contributed by atoms with Crippen molar-refractivity contribution in [2.24, 2.45) is 0 Å². The van der Waals surface area contributed by atoms with E-state index in [1.165, 1.54) is 10.8 Å². The molecule has 0 bridgehead atoms. The second-order valence-corrected chi connectivity index (χ2v) is 3.98. The van der Waals surface area contributed by atoms with E-state index in [-0.39, 0.29) is 0 Å². The first-order valence-electron chi connectivity index (χ1n) is 5.64. The van der Waals surface area contributed by atoms with Crippen LogP contribution in [0.25, 0.3) is 10.8 Å². The Morgan fingerprint density at radius 1 is 0.941 bits per heavy atom. The summed E-state index contributed by atoms with van der Waals surface area (Å²) in [4.78, 5) is 0. The van der Waals surface area contributed by atoms with Gasteiger partial charge in [-0.1, -0.05) is 30.3 Å². The molecule has 17 heavy (non-hydrogen) atoms. The molecule has 0 amide bonds. The normalized spacial score (nSPS) is 13.3. The van der Waals surface area contributed by atoms with Crippen LogP contribution >= 0.6 is 0 Å². The quantitative estimate of drug-likeness (QED) is 0.749. The molecule has 0 fully saturated rings. The first-order valence-corrected chi connectivity index (χ1v) is 5.64. The molecule has 0 saturated carbocycles. The molecule has 0 atom stereocenters. The Morgan fingerprint density at radius 3 is 2.65 bits per heavy atom. The zero-order valence-corrected chi connectivity index (χ0v) is 9.35. The van der Waals surface area contributed by atoms with Crippen molar-refractivity contribution < 1.29 is 0 Å². The first kappa shape index (κ1) is 9.83. The van der Waals surface area contributed by atoms with Crippen LogP contribution in [0, 0.1) is 6.08 Å². The Bertz CT molecular complexity index is 633. The average molecular weight is 218 g/mol. The molecule has 0 radical (unpaired) electrons. The van der Waals surface area contributed by atoms with Crippen molar-refractivity contribution in [1.29, 1.82) is 0 Å². The van der Waals surface area contributed by atoms with Gasteiger partial charge in [0.2, 0.25) is 0 Å². The van der Waals surface area contributed by atoms with Gasteiger partial charge in [0.1, 0.15) is 12.2 Å². The highest BCUT2D eigenvalue weighted by atomic mass is 14.9. The fourth-order valence-electron chi connectivity index (χ4n) is 1.90. The van der Waals surface area contributed by atoms with Gasteiger partial charge < -0.3 is 5.32 Å². The van der Waals surface area contributed by atoms with Crippen LogP contribution < -0.4 is 5.32 Å². The van der Waals surface area contributed by atoms with Crippen LogP contribution in [0.1, 0.15) is 0 Å². The lowest BCUT2D eigenvalue weighted by molar-refractivity contribution is 1.46. The molecule has 1 aliphatic rings. The minimum atomic E-state index is 1.08. The van der Waals surface area contributed by atoms with E-state index in [1.807, 2.05) is 24.3 Å². The van der Waals surface area contributed by atoms with Gasteiger partial charge in [-0.25, -0.2) is 0 Å². The minimum Gasteiger partial charge on any atom is -0.333 e. The van der Waals surface area contributed by atoms with E-state index in [1.54, 1.807) is 0 Å². The van der Waals surface area contributed by atoms with E-state index < -0.39 is 0 Å². The number of hydrogen-bond acceptors (Lipinski definition) is 1. The van der Waals surface area contributed by atoms with Crippen LogP contribution in [-0.4, -0.2) is 0 Å². The van der Waals surface area contributed by atoms with Gasteiger partial charge in [-0.05, 0) is 22.9 Å². The zero-order valence-electron chi connectivity index (χ0n) is 9.35. The van der Waals surface area contributed by atoms with Crippen molar-refractivity contribution in [3.63, 3.8) is 0 Å². The number of nitrogens with one attached hydrogen (secondary N) is 1. The van der Waals surface area contributed by atoms with Crippen molar-refractivity contribution in [1.82, 2.24) is 0 Å². The van der Waals surface area contributed by atoms with Gasteiger partial charge in [0.25, 0.3) is 0 Å². The van der Waals surface area contributed by atoms with E-state index in [0.29, 0.717) is 0 Å². The number of benzene rings is 2. The van der Waals surface area contributed by atoms with Crippen LogP contribution in [0.5, 0.6) is 0 Å². The predicted octanol–water partition coefficient (Wildman–Crippen LogP) is 4.06. The summed E-state index contributed by atoms with van der Waals surface area (Å²) in [6.07, 6.45) is 10.8. The van der Waals surface area contributed by atoms with Crippen LogP contribution in [0.2, 0.25) is 0 Å².